The van der Waals surface area contributed by atoms with Crippen molar-refractivity contribution in [3.05, 3.63) is 0 Å². The molecule has 1 aliphatic heterocycles. The quantitative estimate of drug-likeness (QED) is 0.566. The standard InChI is InChI=1S/C14H22O7/c1-7-8(2)14(20-11(5)17)21-12(6-18-9(3)15)13(7)19-10(4)16/h7-8,12-14H,6H2,1-5H3/t7-,8-,12?,13-,14?/m1/s1. The summed E-state index contributed by atoms with van der Waals surface area (Å²) in [7, 11) is 0. The van der Waals surface area contributed by atoms with Gasteiger partial charge in [-0.25, -0.2) is 0 Å². The van der Waals surface area contributed by atoms with E-state index in [0.29, 0.717) is 0 Å². The van der Waals surface area contributed by atoms with Crippen molar-refractivity contribution in [1.82, 2.24) is 0 Å². The first-order valence-electron chi connectivity index (χ1n) is 6.85. The third-order valence-corrected chi connectivity index (χ3v) is 3.49. The van der Waals surface area contributed by atoms with Gasteiger partial charge in [0.2, 0.25) is 6.29 Å². The van der Waals surface area contributed by atoms with Crippen molar-refractivity contribution >= 4 is 17.9 Å². The summed E-state index contributed by atoms with van der Waals surface area (Å²) in [6.45, 7) is 7.52. The van der Waals surface area contributed by atoms with Crippen LogP contribution in [0.3, 0.4) is 0 Å². The van der Waals surface area contributed by atoms with Crippen LogP contribution in [0.15, 0.2) is 0 Å². The molecule has 0 amide bonds. The fraction of sp³-hybridized carbons (Fsp3) is 0.786. The van der Waals surface area contributed by atoms with Gasteiger partial charge in [0.05, 0.1) is 0 Å². The van der Waals surface area contributed by atoms with Crippen molar-refractivity contribution in [3.8, 4) is 0 Å². The zero-order valence-corrected chi connectivity index (χ0v) is 13.0. The number of ether oxygens (including phenoxy) is 4. The monoisotopic (exact) mass is 302 g/mol. The van der Waals surface area contributed by atoms with Crippen molar-refractivity contribution in [1.29, 1.82) is 0 Å². The molecule has 0 aromatic rings. The predicted octanol–water partition coefficient (Wildman–Crippen LogP) is 1.04. The first-order valence-corrected chi connectivity index (χ1v) is 6.85. The van der Waals surface area contributed by atoms with E-state index < -0.39 is 36.4 Å². The molecule has 5 atom stereocenters. The van der Waals surface area contributed by atoms with Gasteiger partial charge in [0.15, 0.2) is 0 Å². The minimum Gasteiger partial charge on any atom is -0.463 e. The van der Waals surface area contributed by atoms with E-state index in [-0.39, 0.29) is 18.4 Å². The first kappa shape index (κ1) is 17.4. The number of rotatable bonds is 4. The third kappa shape index (κ3) is 5.00. The van der Waals surface area contributed by atoms with Gasteiger partial charge in [-0.1, -0.05) is 13.8 Å². The lowest BCUT2D eigenvalue weighted by Gasteiger charge is -2.42. The van der Waals surface area contributed by atoms with Crippen molar-refractivity contribution in [2.75, 3.05) is 6.61 Å². The SMILES string of the molecule is CC(=O)OCC1OC(OC(C)=O)[C@H](C)[C@@H](C)[C@H]1OC(C)=O. The van der Waals surface area contributed by atoms with Crippen LogP contribution in [-0.4, -0.2) is 43.0 Å². The number of carbonyl (C=O) groups is 3. The largest absolute Gasteiger partial charge is 0.463 e. The van der Waals surface area contributed by atoms with Crippen LogP contribution in [0.2, 0.25) is 0 Å². The Hall–Kier alpha value is -1.63. The van der Waals surface area contributed by atoms with E-state index in [9.17, 15) is 14.4 Å². The van der Waals surface area contributed by atoms with Crippen molar-refractivity contribution in [3.63, 3.8) is 0 Å². The lowest BCUT2D eigenvalue weighted by atomic mass is 9.84. The second-order valence-corrected chi connectivity index (χ2v) is 5.25. The molecule has 21 heavy (non-hydrogen) atoms. The predicted molar refractivity (Wildman–Crippen MR) is 70.9 cm³/mol. The van der Waals surface area contributed by atoms with Crippen LogP contribution in [0.4, 0.5) is 0 Å². The summed E-state index contributed by atoms with van der Waals surface area (Å²) in [5.41, 5.74) is 0. The van der Waals surface area contributed by atoms with E-state index in [1.54, 1.807) is 0 Å². The molecule has 1 rings (SSSR count). The number of hydrogen-bond acceptors (Lipinski definition) is 7. The van der Waals surface area contributed by atoms with Crippen molar-refractivity contribution in [2.45, 2.75) is 53.1 Å². The van der Waals surface area contributed by atoms with Gasteiger partial charge in [0.1, 0.15) is 18.8 Å². The molecule has 0 N–H and O–H groups in total. The molecule has 2 unspecified atom stereocenters. The van der Waals surface area contributed by atoms with Crippen LogP contribution in [0, 0.1) is 11.8 Å². The fourth-order valence-electron chi connectivity index (χ4n) is 2.27. The Labute approximate surface area is 123 Å². The highest BCUT2D eigenvalue weighted by atomic mass is 16.7. The first-order chi connectivity index (χ1) is 9.72. The smallest absolute Gasteiger partial charge is 0.304 e. The lowest BCUT2D eigenvalue weighted by molar-refractivity contribution is -0.265. The molecule has 0 bridgehead atoms. The average molecular weight is 302 g/mol. The molecule has 7 nitrogen and oxygen atoms in total. The van der Waals surface area contributed by atoms with E-state index in [2.05, 4.69) is 0 Å². The summed E-state index contributed by atoms with van der Waals surface area (Å²) in [4.78, 5) is 33.3. The van der Waals surface area contributed by atoms with E-state index in [4.69, 9.17) is 18.9 Å². The molecule has 1 fully saturated rings. The Kier molecular flexibility index (Phi) is 6.14. The Balaban J connectivity index is 2.86. The van der Waals surface area contributed by atoms with Gasteiger partial charge >= 0.3 is 17.9 Å². The second kappa shape index (κ2) is 7.40. The summed E-state index contributed by atoms with van der Waals surface area (Å²) in [5.74, 6) is -1.65. The van der Waals surface area contributed by atoms with Gasteiger partial charge in [-0.3, -0.25) is 14.4 Å². The van der Waals surface area contributed by atoms with Gasteiger partial charge in [0.25, 0.3) is 0 Å². The summed E-state index contributed by atoms with van der Waals surface area (Å²) >= 11 is 0. The molecule has 0 aliphatic carbocycles. The van der Waals surface area contributed by atoms with Crippen LogP contribution in [0.5, 0.6) is 0 Å². The Morgan fingerprint density at radius 1 is 0.905 bits per heavy atom. The normalized spacial score (nSPS) is 32.1. The molecule has 0 saturated carbocycles. The van der Waals surface area contributed by atoms with E-state index in [1.165, 1.54) is 20.8 Å². The number of carbonyl (C=O) groups excluding carboxylic acids is 3. The average Bonchev–Trinajstić information content (AvgIpc) is 2.35. The van der Waals surface area contributed by atoms with Gasteiger partial charge in [-0.05, 0) is 0 Å². The molecule has 0 aromatic carbocycles. The molecule has 0 radical (unpaired) electrons. The molecule has 7 heteroatoms. The third-order valence-electron chi connectivity index (χ3n) is 3.49. The van der Waals surface area contributed by atoms with Gasteiger partial charge in [0, 0.05) is 32.6 Å². The molecule has 1 heterocycles. The van der Waals surface area contributed by atoms with E-state index in [0.717, 1.165) is 0 Å². The van der Waals surface area contributed by atoms with Crippen LogP contribution < -0.4 is 0 Å². The highest BCUT2D eigenvalue weighted by Gasteiger charge is 2.45. The van der Waals surface area contributed by atoms with Crippen molar-refractivity contribution < 1.29 is 33.3 Å². The van der Waals surface area contributed by atoms with Gasteiger partial charge in [-0.2, -0.15) is 0 Å². The van der Waals surface area contributed by atoms with Gasteiger partial charge < -0.3 is 18.9 Å². The molecule has 0 aromatic heterocycles. The Morgan fingerprint density at radius 3 is 1.95 bits per heavy atom. The zero-order chi connectivity index (χ0) is 16.2. The summed E-state index contributed by atoms with van der Waals surface area (Å²) in [6, 6.07) is 0. The molecule has 1 aliphatic rings. The summed E-state index contributed by atoms with van der Waals surface area (Å²) in [6.07, 6.45) is -2.00. The highest BCUT2D eigenvalue weighted by Crippen LogP contribution is 2.33. The highest BCUT2D eigenvalue weighted by molar-refractivity contribution is 5.67. The summed E-state index contributed by atoms with van der Waals surface area (Å²) in [5, 5.41) is 0. The van der Waals surface area contributed by atoms with Crippen LogP contribution in [0.25, 0.3) is 0 Å². The number of hydrogen-bond donors (Lipinski definition) is 0. The topological polar surface area (TPSA) is 88.1 Å². The zero-order valence-electron chi connectivity index (χ0n) is 13.0. The molecule has 0 spiro atoms. The maximum Gasteiger partial charge on any atom is 0.304 e. The maximum absolute atomic E-state index is 11.2. The molecule has 1 saturated heterocycles. The maximum atomic E-state index is 11.2. The molecular formula is C14H22O7. The Bertz CT molecular complexity index is 406. The van der Waals surface area contributed by atoms with Gasteiger partial charge in [-0.15, -0.1) is 0 Å². The second-order valence-electron chi connectivity index (χ2n) is 5.25. The lowest BCUT2D eigenvalue weighted by Crippen LogP contribution is -2.53. The minimum absolute atomic E-state index is 0.0674. The number of esters is 3. The molecule has 120 valence electrons. The fourth-order valence-corrected chi connectivity index (χ4v) is 2.27. The summed E-state index contributed by atoms with van der Waals surface area (Å²) < 4.78 is 21.0. The minimum atomic E-state index is -0.759. The van der Waals surface area contributed by atoms with Crippen LogP contribution in [0.1, 0.15) is 34.6 Å². The van der Waals surface area contributed by atoms with Crippen LogP contribution in [-0.2, 0) is 33.3 Å². The van der Waals surface area contributed by atoms with Crippen molar-refractivity contribution in [2.24, 2.45) is 11.8 Å². The Morgan fingerprint density at radius 2 is 1.48 bits per heavy atom. The van der Waals surface area contributed by atoms with E-state index in [1.807, 2.05) is 13.8 Å². The van der Waals surface area contributed by atoms with Crippen LogP contribution >= 0.6 is 0 Å². The van der Waals surface area contributed by atoms with E-state index >= 15 is 0 Å². The molecular weight excluding hydrogens is 280 g/mol.